The zero-order valence-corrected chi connectivity index (χ0v) is 18.1. The van der Waals surface area contributed by atoms with Crippen LogP contribution < -0.4 is 5.32 Å². The molecule has 9 heteroatoms. The average Bonchev–Trinajstić information content (AvgIpc) is 2.66. The maximum atomic E-state index is 13.3. The molecule has 0 bridgehead atoms. The number of nitrogens with zero attached hydrogens (tertiary/aromatic N) is 1. The van der Waals surface area contributed by atoms with E-state index in [0.29, 0.717) is 37.9 Å². The molecule has 0 spiro atoms. The molecule has 30 heavy (non-hydrogen) atoms. The molecule has 1 aromatic carbocycles. The van der Waals surface area contributed by atoms with Crippen LogP contribution >= 0.6 is 11.6 Å². The normalized spacial score (nSPS) is 18.0. The lowest BCUT2D eigenvalue weighted by atomic mass is 9.65. The van der Waals surface area contributed by atoms with Gasteiger partial charge in [-0.3, -0.25) is 4.79 Å². The third-order valence-electron chi connectivity index (χ3n) is 5.93. The number of hydrogen-bond acceptors (Lipinski definition) is 2. The van der Waals surface area contributed by atoms with Gasteiger partial charge in [0.2, 0.25) is 5.91 Å². The van der Waals surface area contributed by atoms with Gasteiger partial charge < -0.3 is 15.3 Å². The Bertz CT molecular complexity index is 769. The van der Waals surface area contributed by atoms with Gasteiger partial charge in [-0.05, 0) is 36.3 Å². The first-order valence-electron chi connectivity index (χ1n) is 9.79. The van der Waals surface area contributed by atoms with Crippen LogP contribution in [-0.4, -0.2) is 47.0 Å². The molecule has 2 rings (SSSR count). The molecule has 0 radical (unpaired) electrons. The van der Waals surface area contributed by atoms with Gasteiger partial charge in [-0.2, -0.15) is 13.2 Å². The van der Waals surface area contributed by atoms with Gasteiger partial charge in [0.15, 0.2) is 0 Å². The Balaban J connectivity index is 2.46. The van der Waals surface area contributed by atoms with Crippen molar-refractivity contribution in [1.29, 1.82) is 0 Å². The number of nitrogens with one attached hydrogen (secondary N) is 1. The van der Waals surface area contributed by atoms with Gasteiger partial charge in [-0.15, -0.1) is 11.6 Å². The molecular formula is C21H28ClF3N2O3. The Morgan fingerprint density at radius 3 is 2.30 bits per heavy atom. The van der Waals surface area contributed by atoms with Crippen LogP contribution in [0.2, 0.25) is 0 Å². The molecule has 1 saturated heterocycles. The lowest BCUT2D eigenvalue weighted by molar-refractivity contribution is -0.137. The maximum absolute atomic E-state index is 13.3. The van der Waals surface area contributed by atoms with Crippen molar-refractivity contribution in [2.75, 3.05) is 19.0 Å². The zero-order chi connectivity index (χ0) is 22.7. The van der Waals surface area contributed by atoms with Crippen LogP contribution in [0.1, 0.15) is 51.2 Å². The van der Waals surface area contributed by atoms with E-state index in [1.54, 1.807) is 11.0 Å². The van der Waals surface area contributed by atoms with E-state index in [0.717, 1.165) is 12.1 Å². The predicted molar refractivity (Wildman–Crippen MR) is 109 cm³/mol. The molecule has 0 aliphatic carbocycles. The van der Waals surface area contributed by atoms with Gasteiger partial charge in [-0.1, -0.05) is 39.0 Å². The fourth-order valence-electron chi connectivity index (χ4n) is 4.02. The van der Waals surface area contributed by atoms with Gasteiger partial charge in [0.1, 0.15) is 5.88 Å². The molecule has 1 aliphatic rings. The Labute approximate surface area is 179 Å². The monoisotopic (exact) mass is 448 g/mol. The van der Waals surface area contributed by atoms with Crippen molar-refractivity contribution in [2.45, 2.75) is 57.7 Å². The quantitative estimate of drug-likeness (QED) is 0.631. The van der Waals surface area contributed by atoms with Crippen LogP contribution in [0.3, 0.4) is 0 Å². The van der Waals surface area contributed by atoms with Crippen LogP contribution in [0.4, 0.5) is 18.0 Å². The van der Waals surface area contributed by atoms with E-state index in [-0.39, 0.29) is 11.8 Å². The topological polar surface area (TPSA) is 69.6 Å². The Hall–Kier alpha value is -1.96. The van der Waals surface area contributed by atoms with Gasteiger partial charge in [0.25, 0.3) is 0 Å². The molecule has 1 atom stereocenters. The first kappa shape index (κ1) is 24.3. The molecule has 2 N–H and O–H groups in total. The minimum atomic E-state index is -4.48. The summed E-state index contributed by atoms with van der Waals surface area (Å²) in [5.74, 6) is -0.368. The average molecular weight is 449 g/mol. The lowest BCUT2D eigenvalue weighted by Crippen LogP contribution is -2.52. The first-order valence-corrected chi connectivity index (χ1v) is 10.3. The number of halogens is 4. The molecule has 5 nitrogen and oxygen atoms in total. The van der Waals surface area contributed by atoms with E-state index in [2.05, 4.69) is 5.32 Å². The SMILES string of the molecule is CC(C)(C)C(CC1(c2cccc(C(F)(F)F)c2)CCN(C(=O)CCl)CC1)NC(=O)O. The highest BCUT2D eigenvalue weighted by molar-refractivity contribution is 6.27. The molecule has 1 aliphatic heterocycles. The number of benzene rings is 1. The van der Waals surface area contributed by atoms with E-state index in [1.165, 1.54) is 6.07 Å². The molecule has 1 aromatic rings. The summed E-state index contributed by atoms with van der Waals surface area (Å²) in [6.45, 7) is 6.37. The summed E-state index contributed by atoms with van der Waals surface area (Å²) >= 11 is 5.65. The predicted octanol–water partition coefficient (Wildman–Crippen LogP) is 4.88. The molecule has 0 saturated carbocycles. The van der Waals surface area contributed by atoms with Crippen LogP contribution in [0, 0.1) is 5.41 Å². The standard InChI is InChI=1S/C21H28ClF3N2O3/c1-19(2,3)16(26-18(29)30)12-20(7-9-27(10-8-20)17(28)13-22)14-5-4-6-15(11-14)21(23,24)25/h4-6,11,16,26H,7-10,12-13H2,1-3H3,(H,29,30). The number of piperidine rings is 1. The molecule has 1 fully saturated rings. The van der Waals surface area contributed by atoms with E-state index >= 15 is 0 Å². The molecule has 1 unspecified atom stereocenters. The van der Waals surface area contributed by atoms with Gasteiger partial charge in [0, 0.05) is 24.5 Å². The Morgan fingerprint density at radius 2 is 1.83 bits per heavy atom. The Morgan fingerprint density at radius 1 is 1.23 bits per heavy atom. The minimum Gasteiger partial charge on any atom is -0.465 e. The minimum absolute atomic E-state index is 0.151. The molecule has 1 heterocycles. The number of rotatable bonds is 5. The second-order valence-corrected chi connectivity index (χ2v) is 9.21. The van der Waals surface area contributed by atoms with Crippen LogP contribution in [-0.2, 0) is 16.4 Å². The van der Waals surface area contributed by atoms with Gasteiger partial charge in [0.05, 0.1) is 5.56 Å². The van der Waals surface area contributed by atoms with Crippen molar-refractivity contribution < 1.29 is 27.9 Å². The largest absolute Gasteiger partial charge is 0.465 e. The summed E-state index contributed by atoms with van der Waals surface area (Å²) < 4.78 is 40.0. The maximum Gasteiger partial charge on any atom is 0.416 e. The number of carboxylic acid groups (broad SMARTS) is 1. The number of hydrogen-bond donors (Lipinski definition) is 2. The summed E-state index contributed by atoms with van der Waals surface area (Å²) in [6, 6.07) is 4.74. The fraction of sp³-hybridized carbons (Fsp3) is 0.619. The van der Waals surface area contributed by atoms with E-state index in [1.807, 2.05) is 20.8 Å². The van der Waals surface area contributed by atoms with Crippen LogP contribution in [0.5, 0.6) is 0 Å². The summed E-state index contributed by atoms with van der Waals surface area (Å²) in [4.78, 5) is 25.0. The third-order valence-corrected chi connectivity index (χ3v) is 6.16. The van der Waals surface area contributed by atoms with Crippen molar-refractivity contribution in [3.8, 4) is 0 Å². The smallest absolute Gasteiger partial charge is 0.416 e. The molecular weight excluding hydrogens is 421 g/mol. The highest BCUT2D eigenvalue weighted by Crippen LogP contribution is 2.44. The zero-order valence-electron chi connectivity index (χ0n) is 17.4. The third kappa shape index (κ3) is 5.80. The molecule has 2 amide bonds. The van der Waals surface area contributed by atoms with Gasteiger partial charge in [-0.25, -0.2) is 4.79 Å². The van der Waals surface area contributed by atoms with E-state index in [9.17, 15) is 27.9 Å². The second kappa shape index (κ2) is 9.04. The van der Waals surface area contributed by atoms with Crippen LogP contribution in [0.15, 0.2) is 24.3 Å². The number of carbonyl (C=O) groups excluding carboxylic acids is 1. The van der Waals surface area contributed by atoms with E-state index < -0.39 is 34.7 Å². The van der Waals surface area contributed by atoms with Crippen LogP contribution in [0.25, 0.3) is 0 Å². The molecule has 168 valence electrons. The van der Waals surface area contributed by atoms with Crippen molar-refractivity contribution >= 4 is 23.6 Å². The summed E-state index contributed by atoms with van der Waals surface area (Å²) in [5.41, 5.74) is -1.38. The highest BCUT2D eigenvalue weighted by Gasteiger charge is 2.43. The summed E-state index contributed by atoms with van der Waals surface area (Å²) in [5, 5.41) is 11.8. The number of carbonyl (C=O) groups is 2. The summed E-state index contributed by atoms with van der Waals surface area (Å²) in [6.07, 6.45) is -4.48. The summed E-state index contributed by atoms with van der Waals surface area (Å²) in [7, 11) is 0. The highest BCUT2D eigenvalue weighted by atomic mass is 35.5. The second-order valence-electron chi connectivity index (χ2n) is 8.95. The van der Waals surface area contributed by atoms with Crippen molar-refractivity contribution in [3.63, 3.8) is 0 Å². The molecule has 0 aromatic heterocycles. The van der Waals surface area contributed by atoms with Crippen molar-refractivity contribution in [3.05, 3.63) is 35.4 Å². The lowest BCUT2D eigenvalue weighted by Gasteiger charge is -2.46. The Kier molecular flexibility index (Phi) is 7.32. The van der Waals surface area contributed by atoms with E-state index in [4.69, 9.17) is 11.6 Å². The van der Waals surface area contributed by atoms with Crippen molar-refractivity contribution in [2.24, 2.45) is 5.41 Å². The first-order chi connectivity index (χ1) is 13.8. The number of amides is 2. The van der Waals surface area contributed by atoms with Crippen molar-refractivity contribution in [1.82, 2.24) is 10.2 Å². The van der Waals surface area contributed by atoms with Gasteiger partial charge >= 0.3 is 12.3 Å². The number of alkyl halides is 4. The number of likely N-dealkylation sites (tertiary alicyclic amines) is 1. The fourth-order valence-corrected chi connectivity index (χ4v) is 4.19.